The molecule has 1 atom stereocenters. The number of ether oxygens (including phenoxy) is 2. The Morgan fingerprint density at radius 1 is 1.31 bits per heavy atom. The average molecular weight is 356 g/mol. The zero-order valence-corrected chi connectivity index (χ0v) is 14.0. The van der Waals surface area contributed by atoms with Gasteiger partial charge in [-0.3, -0.25) is 10.1 Å². The van der Waals surface area contributed by atoms with Gasteiger partial charge in [-0.25, -0.2) is 4.79 Å². The Morgan fingerprint density at radius 2 is 2.08 bits per heavy atom. The van der Waals surface area contributed by atoms with Crippen LogP contribution in [-0.2, 0) is 21.0 Å². The van der Waals surface area contributed by atoms with Crippen LogP contribution < -0.4 is 4.74 Å². The number of benzene rings is 2. The zero-order valence-electron chi connectivity index (χ0n) is 14.0. The molecule has 1 heterocycles. The quantitative estimate of drug-likeness (QED) is 0.448. The van der Waals surface area contributed by atoms with Crippen LogP contribution in [0.15, 0.2) is 53.7 Å². The molecule has 8 nitrogen and oxygen atoms in total. The Balaban J connectivity index is 1.80. The van der Waals surface area contributed by atoms with Crippen LogP contribution in [0.1, 0.15) is 17.5 Å². The number of rotatable bonds is 6. The Hall–Kier alpha value is -3.42. The number of methoxy groups -OCH3 is 1. The highest BCUT2D eigenvalue weighted by molar-refractivity contribution is 6.04. The molecule has 0 aromatic heterocycles. The third-order valence-electron chi connectivity index (χ3n) is 3.86. The van der Waals surface area contributed by atoms with E-state index in [9.17, 15) is 14.9 Å². The smallest absolute Gasteiger partial charge is 0.350 e. The topological polar surface area (TPSA) is 100 Å². The van der Waals surface area contributed by atoms with Gasteiger partial charge in [0, 0.05) is 18.1 Å². The molecule has 0 bridgehead atoms. The molecule has 0 amide bonds. The van der Waals surface area contributed by atoms with Crippen LogP contribution in [0.25, 0.3) is 0 Å². The third-order valence-corrected chi connectivity index (χ3v) is 3.86. The molecular formula is C18H16N2O6. The molecule has 0 aliphatic carbocycles. The van der Waals surface area contributed by atoms with Crippen molar-refractivity contribution in [3.8, 4) is 5.75 Å². The maximum absolute atomic E-state index is 11.5. The van der Waals surface area contributed by atoms with Crippen molar-refractivity contribution >= 4 is 17.4 Å². The van der Waals surface area contributed by atoms with Gasteiger partial charge in [-0.2, -0.15) is 0 Å². The molecule has 0 saturated heterocycles. The fourth-order valence-electron chi connectivity index (χ4n) is 2.50. The third kappa shape index (κ3) is 3.80. The van der Waals surface area contributed by atoms with Gasteiger partial charge in [-0.1, -0.05) is 35.5 Å². The lowest BCUT2D eigenvalue weighted by Gasteiger charge is -2.09. The van der Waals surface area contributed by atoms with Crippen LogP contribution in [0.4, 0.5) is 5.69 Å². The second-order valence-corrected chi connectivity index (χ2v) is 5.57. The molecule has 0 N–H and O–H groups in total. The Morgan fingerprint density at radius 3 is 2.77 bits per heavy atom. The number of nitrogens with zero attached hydrogens (tertiary/aromatic N) is 2. The van der Waals surface area contributed by atoms with E-state index in [2.05, 4.69) is 9.89 Å². The summed E-state index contributed by atoms with van der Waals surface area (Å²) in [7, 11) is 1.27. The lowest BCUT2D eigenvalue weighted by molar-refractivity contribution is -0.385. The van der Waals surface area contributed by atoms with Gasteiger partial charge in [0.2, 0.25) is 6.10 Å². The van der Waals surface area contributed by atoms with Crippen molar-refractivity contribution in [3.05, 3.63) is 69.8 Å². The van der Waals surface area contributed by atoms with E-state index in [1.807, 2.05) is 30.3 Å². The fourth-order valence-corrected chi connectivity index (χ4v) is 2.50. The highest BCUT2D eigenvalue weighted by Gasteiger charge is 2.30. The van der Waals surface area contributed by atoms with Crippen molar-refractivity contribution in [3.63, 3.8) is 0 Å². The van der Waals surface area contributed by atoms with Gasteiger partial charge in [0.25, 0.3) is 0 Å². The van der Waals surface area contributed by atoms with Crippen molar-refractivity contribution in [1.82, 2.24) is 0 Å². The summed E-state index contributed by atoms with van der Waals surface area (Å²) in [6.07, 6.45) is -0.582. The number of esters is 1. The second kappa shape index (κ2) is 7.64. The molecule has 2 aromatic rings. The highest BCUT2D eigenvalue weighted by Crippen LogP contribution is 2.30. The lowest BCUT2D eigenvalue weighted by Crippen LogP contribution is -2.22. The van der Waals surface area contributed by atoms with Gasteiger partial charge in [-0.15, -0.1) is 0 Å². The predicted molar refractivity (Wildman–Crippen MR) is 91.9 cm³/mol. The van der Waals surface area contributed by atoms with Crippen molar-refractivity contribution in [2.45, 2.75) is 19.1 Å². The first kappa shape index (κ1) is 17.4. The molecular weight excluding hydrogens is 340 g/mol. The maximum Gasteiger partial charge on any atom is 0.350 e. The summed E-state index contributed by atoms with van der Waals surface area (Å²) in [5, 5.41) is 15.1. The zero-order chi connectivity index (χ0) is 18.5. The Labute approximate surface area is 149 Å². The minimum absolute atomic E-state index is 0.126. The summed E-state index contributed by atoms with van der Waals surface area (Å²) >= 11 is 0. The molecule has 8 heteroatoms. The van der Waals surface area contributed by atoms with Crippen LogP contribution in [0, 0.1) is 10.1 Å². The minimum Gasteiger partial charge on any atom is -0.482 e. The number of hydrogen-bond acceptors (Lipinski definition) is 7. The van der Waals surface area contributed by atoms with Crippen molar-refractivity contribution < 1.29 is 24.0 Å². The van der Waals surface area contributed by atoms with Crippen LogP contribution in [0.2, 0.25) is 0 Å². The first-order valence-electron chi connectivity index (χ1n) is 7.84. The maximum atomic E-state index is 11.5. The summed E-state index contributed by atoms with van der Waals surface area (Å²) in [6.45, 7) is 0.193. The van der Waals surface area contributed by atoms with E-state index < -0.39 is 17.0 Å². The number of nitro groups is 1. The SMILES string of the molecule is COC(=O)C1CC(c2ccc([N+](=O)[O-])c(OCc3ccccc3)c2)=NO1. The van der Waals surface area contributed by atoms with E-state index in [-0.39, 0.29) is 24.5 Å². The van der Waals surface area contributed by atoms with E-state index in [4.69, 9.17) is 9.57 Å². The van der Waals surface area contributed by atoms with Gasteiger partial charge < -0.3 is 14.3 Å². The molecule has 0 fully saturated rings. The van der Waals surface area contributed by atoms with E-state index >= 15 is 0 Å². The van der Waals surface area contributed by atoms with E-state index in [1.165, 1.54) is 19.2 Å². The molecule has 0 saturated carbocycles. The second-order valence-electron chi connectivity index (χ2n) is 5.57. The Bertz CT molecular complexity index is 850. The van der Waals surface area contributed by atoms with E-state index in [0.29, 0.717) is 11.3 Å². The molecule has 0 radical (unpaired) electrons. The number of hydrogen-bond donors (Lipinski definition) is 0. The largest absolute Gasteiger partial charge is 0.482 e. The number of oxime groups is 1. The number of nitro benzene ring substituents is 1. The van der Waals surface area contributed by atoms with Gasteiger partial charge in [0.1, 0.15) is 6.61 Å². The van der Waals surface area contributed by atoms with Crippen LogP contribution in [-0.4, -0.2) is 29.8 Å². The van der Waals surface area contributed by atoms with Crippen molar-refractivity contribution in [2.75, 3.05) is 7.11 Å². The number of carbonyl (C=O) groups is 1. The van der Waals surface area contributed by atoms with Crippen molar-refractivity contribution in [1.29, 1.82) is 0 Å². The molecule has 134 valence electrons. The molecule has 26 heavy (non-hydrogen) atoms. The van der Waals surface area contributed by atoms with Gasteiger partial charge in [0.05, 0.1) is 17.7 Å². The Kier molecular flexibility index (Phi) is 5.12. The molecule has 2 aromatic carbocycles. The summed E-state index contributed by atoms with van der Waals surface area (Å²) in [5.41, 5.74) is 1.83. The summed E-state index contributed by atoms with van der Waals surface area (Å²) in [5.74, 6) is -0.396. The summed E-state index contributed by atoms with van der Waals surface area (Å²) < 4.78 is 10.3. The monoisotopic (exact) mass is 356 g/mol. The van der Waals surface area contributed by atoms with E-state index in [0.717, 1.165) is 5.56 Å². The standard InChI is InChI=1S/C18H16N2O6/c1-24-18(21)17-10-14(19-26-17)13-7-8-15(20(22)23)16(9-13)25-11-12-5-3-2-4-6-12/h2-9,17H,10-11H2,1H3. The fraction of sp³-hybridized carbons (Fsp3) is 0.222. The molecule has 3 rings (SSSR count). The first-order chi connectivity index (χ1) is 12.6. The van der Waals surface area contributed by atoms with Crippen LogP contribution in [0.5, 0.6) is 5.75 Å². The normalized spacial score (nSPS) is 15.7. The molecule has 1 unspecified atom stereocenters. The molecule has 1 aliphatic rings. The lowest BCUT2D eigenvalue weighted by atomic mass is 10.0. The number of carbonyl (C=O) groups excluding carboxylic acids is 1. The van der Waals surface area contributed by atoms with Gasteiger partial charge in [-0.05, 0) is 17.7 Å². The average Bonchev–Trinajstić information content (AvgIpc) is 3.16. The van der Waals surface area contributed by atoms with Crippen molar-refractivity contribution in [2.24, 2.45) is 5.16 Å². The highest BCUT2D eigenvalue weighted by atomic mass is 16.7. The first-order valence-corrected chi connectivity index (χ1v) is 7.84. The van der Waals surface area contributed by atoms with E-state index in [1.54, 1.807) is 6.07 Å². The molecule has 1 aliphatic heterocycles. The van der Waals surface area contributed by atoms with Crippen LogP contribution in [0.3, 0.4) is 0 Å². The van der Waals surface area contributed by atoms with Crippen LogP contribution >= 0.6 is 0 Å². The van der Waals surface area contributed by atoms with Gasteiger partial charge in [0.15, 0.2) is 5.75 Å². The van der Waals surface area contributed by atoms with Gasteiger partial charge >= 0.3 is 11.7 Å². The predicted octanol–water partition coefficient (Wildman–Crippen LogP) is 2.84. The summed E-state index contributed by atoms with van der Waals surface area (Å²) in [4.78, 5) is 27.3. The summed E-state index contributed by atoms with van der Waals surface area (Å²) in [6, 6.07) is 13.8. The molecule has 0 spiro atoms. The minimum atomic E-state index is -0.807.